The number of esters is 1. The number of aldehydes is 1. The van der Waals surface area contributed by atoms with Crippen LogP contribution in [0.5, 0.6) is 5.75 Å². The Bertz CT molecular complexity index is 865. The average molecular weight is 323 g/mol. The molecule has 2 aromatic carbocycles. The van der Waals surface area contributed by atoms with Gasteiger partial charge in [0.05, 0.1) is 7.11 Å². The van der Waals surface area contributed by atoms with Crippen molar-refractivity contribution in [1.29, 1.82) is 0 Å². The summed E-state index contributed by atoms with van der Waals surface area (Å²) >= 11 is 0. The molecule has 3 rings (SSSR count). The van der Waals surface area contributed by atoms with E-state index in [4.69, 9.17) is 9.47 Å². The summed E-state index contributed by atoms with van der Waals surface area (Å²) in [6.07, 6.45) is 2.47. The number of carbonyl (C=O) groups is 2. The van der Waals surface area contributed by atoms with Crippen LogP contribution in [-0.4, -0.2) is 23.9 Å². The first-order valence-electron chi connectivity index (χ1n) is 7.53. The van der Waals surface area contributed by atoms with Gasteiger partial charge in [0.2, 0.25) is 0 Å². The van der Waals surface area contributed by atoms with Crippen molar-refractivity contribution in [3.63, 3.8) is 0 Å². The van der Waals surface area contributed by atoms with Crippen LogP contribution in [0.15, 0.2) is 54.7 Å². The highest BCUT2D eigenvalue weighted by Gasteiger charge is 2.11. The lowest BCUT2D eigenvalue weighted by Gasteiger charge is -2.07. The summed E-state index contributed by atoms with van der Waals surface area (Å²) in [5, 5.41) is 0.829. The molecule has 24 heavy (non-hydrogen) atoms. The third-order valence-electron chi connectivity index (χ3n) is 3.80. The predicted octanol–water partition coefficient (Wildman–Crippen LogP) is 3.21. The number of aromatic nitrogens is 1. The van der Waals surface area contributed by atoms with Crippen LogP contribution in [0.25, 0.3) is 10.9 Å². The Morgan fingerprint density at radius 3 is 2.58 bits per heavy atom. The summed E-state index contributed by atoms with van der Waals surface area (Å²) in [6, 6.07) is 14.8. The van der Waals surface area contributed by atoms with Gasteiger partial charge in [-0.05, 0) is 23.8 Å². The molecule has 5 nitrogen and oxygen atoms in total. The third-order valence-corrected chi connectivity index (χ3v) is 3.80. The van der Waals surface area contributed by atoms with Crippen LogP contribution in [0.1, 0.15) is 15.9 Å². The second-order valence-corrected chi connectivity index (χ2v) is 5.36. The minimum Gasteiger partial charge on any atom is -0.497 e. The molecule has 0 saturated heterocycles. The number of para-hydroxylation sites is 1. The van der Waals surface area contributed by atoms with Gasteiger partial charge in [0.1, 0.15) is 18.9 Å². The number of hydrogen-bond donors (Lipinski definition) is 0. The van der Waals surface area contributed by atoms with Crippen molar-refractivity contribution >= 4 is 23.2 Å². The van der Waals surface area contributed by atoms with Gasteiger partial charge >= 0.3 is 5.97 Å². The molecule has 0 spiro atoms. The molecule has 0 N–H and O–H groups in total. The molecule has 0 radical (unpaired) electrons. The van der Waals surface area contributed by atoms with Crippen LogP contribution in [0, 0.1) is 0 Å². The normalized spacial score (nSPS) is 10.5. The summed E-state index contributed by atoms with van der Waals surface area (Å²) in [6.45, 7) is 0.257. The van der Waals surface area contributed by atoms with Crippen LogP contribution in [-0.2, 0) is 22.7 Å². The van der Waals surface area contributed by atoms with Crippen molar-refractivity contribution in [2.45, 2.75) is 13.2 Å². The molecule has 0 bridgehead atoms. The fourth-order valence-corrected chi connectivity index (χ4v) is 2.57. The standard InChI is InChI=1S/C19H17NO4/c1-23-16-8-6-14(7-9-16)13-24-19(22)11-20-10-15(12-21)17-4-2-3-5-18(17)20/h2-10,12H,11,13H2,1H3. The van der Waals surface area contributed by atoms with Crippen LogP contribution < -0.4 is 4.74 Å². The average Bonchev–Trinajstić information content (AvgIpc) is 2.98. The Labute approximate surface area is 139 Å². The maximum atomic E-state index is 12.1. The number of fused-ring (bicyclic) bond motifs is 1. The van der Waals surface area contributed by atoms with Crippen LogP contribution in [0.3, 0.4) is 0 Å². The van der Waals surface area contributed by atoms with Crippen molar-refractivity contribution in [1.82, 2.24) is 4.57 Å². The predicted molar refractivity (Wildman–Crippen MR) is 90.1 cm³/mol. The van der Waals surface area contributed by atoms with Gasteiger partial charge in [0, 0.05) is 22.7 Å². The van der Waals surface area contributed by atoms with E-state index < -0.39 is 0 Å². The number of nitrogens with zero attached hydrogens (tertiary/aromatic N) is 1. The molecule has 0 aliphatic rings. The Kier molecular flexibility index (Phi) is 4.61. The second kappa shape index (κ2) is 7.00. The first kappa shape index (κ1) is 15.8. The van der Waals surface area contributed by atoms with Gasteiger partial charge in [-0.2, -0.15) is 0 Å². The lowest BCUT2D eigenvalue weighted by atomic mass is 10.2. The number of methoxy groups -OCH3 is 1. The number of benzene rings is 2. The molecule has 0 atom stereocenters. The largest absolute Gasteiger partial charge is 0.497 e. The van der Waals surface area contributed by atoms with E-state index in [1.807, 2.05) is 48.5 Å². The van der Waals surface area contributed by atoms with Crippen molar-refractivity contribution < 1.29 is 19.1 Å². The molecule has 122 valence electrons. The van der Waals surface area contributed by atoms with E-state index in [1.54, 1.807) is 17.9 Å². The highest BCUT2D eigenvalue weighted by Crippen LogP contribution is 2.20. The summed E-state index contributed by atoms with van der Waals surface area (Å²) < 4.78 is 12.1. The Morgan fingerprint density at radius 1 is 1.12 bits per heavy atom. The summed E-state index contributed by atoms with van der Waals surface area (Å²) in [5.74, 6) is 0.397. The lowest BCUT2D eigenvalue weighted by Crippen LogP contribution is -2.12. The van der Waals surface area contributed by atoms with Crippen molar-refractivity contribution in [3.8, 4) is 5.75 Å². The molecule has 3 aromatic rings. The SMILES string of the molecule is COc1ccc(COC(=O)Cn2cc(C=O)c3ccccc32)cc1. The molecule has 1 aromatic heterocycles. The monoisotopic (exact) mass is 323 g/mol. The summed E-state index contributed by atoms with van der Waals surface area (Å²) in [7, 11) is 1.60. The van der Waals surface area contributed by atoms with E-state index in [0.717, 1.165) is 28.5 Å². The van der Waals surface area contributed by atoms with Gasteiger partial charge < -0.3 is 14.0 Å². The highest BCUT2D eigenvalue weighted by molar-refractivity contribution is 5.98. The molecule has 0 amide bonds. The first-order chi connectivity index (χ1) is 11.7. The molecule has 0 aliphatic heterocycles. The molecule has 1 heterocycles. The van der Waals surface area contributed by atoms with E-state index in [9.17, 15) is 9.59 Å². The Morgan fingerprint density at radius 2 is 1.88 bits per heavy atom. The van der Waals surface area contributed by atoms with Gasteiger partial charge in [-0.1, -0.05) is 30.3 Å². The molecular weight excluding hydrogens is 306 g/mol. The van der Waals surface area contributed by atoms with E-state index >= 15 is 0 Å². The van der Waals surface area contributed by atoms with Gasteiger partial charge in [-0.3, -0.25) is 9.59 Å². The number of rotatable bonds is 6. The topological polar surface area (TPSA) is 57.5 Å². The summed E-state index contributed by atoms with van der Waals surface area (Å²) in [5.41, 5.74) is 2.28. The van der Waals surface area contributed by atoms with E-state index in [0.29, 0.717) is 5.56 Å². The zero-order chi connectivity index (χ0) is 16.9. The van der Waals surface area contributed by atoms with E-state index in [-0.39, 0.29) is 19.1 Å². The number of carbonyl (C=O) groups excluding carboxylic acids is 2. The molecule has 0 saturated carbocycles. The molecule has 0 fully saturated rings. The molecule has 5 heteroatoms. The fourth-order valence-electron chi connectivity index (χ4n) is 2.57. The van der Waals surface area contributed by atoms with Crippen LogP contribution in [0.2, 0.25) is 0 Å². The van der Waals surface area contributed by atoms with Crippen LogP contribution in [0.4, 0.5) is 0 Å². The Balaban J connectivity index is 1.67. The number of ether oxygens (including phenoxy) is 2. The maximum Gasteiger partial charge on any atom is 0.326 e. The molecular formula is C19H17NO4. The maximum absolute atomic E-state index is 12.1. The summed E-state index contributed by atoms with van der Waals surface area (Å²) in [4.78, 5) is 23.2. The number of hydrogen-bond acceptors (Lipinski definition) is 4. The highest BCUT2D eigenvalue weighted by atomic mass is 16.5. The van der Waals surface area contributed by atoms with Crippen molar-refractivity contribution in [3.05, 3.63) is 65.9 Å². The van der Waals surface area contributed by atoms with E-state index in [1.165, 1.54) is 0 Å². The quantitative estimate of drug-likeness (QED) is 0.516. The lowest BCUT2D eigenvalue weighted by molar-refractivity contribution is -0.145. The third kappa shape index (κ3) is 3.30. The zero-order valence-corrected chi connectivity index (χ0v) is 13.3. The van der Waals surface area contributed by atoms with Gasteiger partial charge in [0.25, 0.3) is 0 Å². The minimum absolute atomic E-state index is 0.0600. The molecule has 0 aliphatic carbocycles. The van der Waals surface area contributed by atoms with Crippen molar-refractivity contribution in [2.24, 2.45) is 0 Å². The zero-order valence-electron chi connectivity index (χ0n) is 13.3. The van der Waals surface area contributed by atoms with Gasteiger partial charge in [-0.25, -0.2) is 0 Å². The van der Waals surface area contributed by atoms with Gasteiger partial charge in [0.15, 0.2) is 6.29 Å². The Hall–Kier alpha value is -3.08. The van der Waals surface area contributed by atoms with Crippen molar-refractivity contribution in [2.75, 3.05) is 7.11 Å². The van der Waals surface area contributed by atoms with Gasteiger partial charge in [-0.15, -0.1) is 0 Å². The molecule has 0 unspecified atom stereocenters. The smallest absolute Gasteiger partial charge is 0.326 e. The fraction of sp³-hybridized carbons (Fsp3) is 0.158. The first-order valence-corrected chi connectivity index (χ1v) is 7.53. The minimum atomic E-state index is -0.357. The van der Waals surface area contributed by atoms with Crippen LogP contribution >= 0.6 is 0 Å². The second-order valence-electron chi connectivity index (χ2n) is 5.36. The van der Waals surface area contributed by atoms with E-state index in [2.05, 4.69) is 0 Å².